The number of ketones is 1. The second-order valence-electron chi connectivity index (χ2n) is 10.6. The lowest BCUT2D eigenvalue weighted by Crippen LogP contribution is -2.38. The third kappa shape index (κ3) is 5.15. The molecule has 2 unspecified atom stereocenters. The zero-order valence-corrected chi connectivity index (χ0v) is 21.9. The van der Waals surface area contributed by atoms with E-state index in [1.54, 1.807) is 11.0 Å². The first-order valence-electron chi connectivity index (χ1n) is 13.3. The van der Waals surface area contributed by atoms with Gasteiger partial charge < -0.3 is 19.5 Å². The summed E-state index contributed by atoms with van der Waals surface area (Å²) in [6, 6.07) is 12.9. The molecule has 1 N–H and O–H groups in total. The largest absolute Gasteiger partial charge is 0.507 e. The first-order valence-corrected chi connectivity index (χ1v) is 13.3. The van der Waals surface area contributed by atoms with Gasteiger partial charge in [0.25, 0.3) is 11.7 Å². The fourth-order valence-electron chi connectivity index (χ4n) is 5.53. The van der Waals surface area contributed by atoms with Crippen molar-refractivity contribution in [2.75, 3.05) is 39.4 Å². The fourth-order valence-corrected chi connectivity index (χ4v) is 5.53. The molecule has 3 aliphatic rings. The van der Waals surface area contributed by atoms with Gasteiger partial charge in [-0.25, -0.2) is 0 Å². The van der Waals surface area contributed by atoms with E-state index in [9.17, 15) is 14.7 Å². The van der Waals surface area contributed by atoms with Crippen molar-refractivity contribution in [2.45, 2.75) is 51.7 Å². The molecule has 3 heterocycles. The molecule has 5 rings (SSSR count). The van der Waals surface area contributed by atoms with Crippen LogP contribution in [0.2, 0.25) is 0 Å². The van der Waals surface area contributed by atoms with E-state index in [1.165, 1.54) is 5.56 Å². The summed E-state index contributed by atoms with van der Waals surface area (Å²) in [6.07, 6.45) is 1.55. The van der Waals surface area contributed by atoms with Crippen molar-refractivity contribution in [3.05, 3.63) is 70.3 Å². The molecule has 37 heavy (non-hydrogen) atoms. The number of rotatable bonds is 7. The van der Waals surface area contributed by atoms with Crippen molar-refractivity contribution in [3.8, 4) is 5.75 Å². The van der Waals surface area contributed by atoms with Crippen LogP contribution in [0.4, 0.5) is 0 Å². The molecule has 2 aromatic rings. The molecule has 7 nitrogen and oxygen atoms in total. The normalized spacial score (nSPS) is 23.5. The van der Waals surface area contributed by atoms with Gasteiger partial charge in [-0.05, 0) is 54.2 Å². The number of carbonyl (C=O) groups is 2. The molecule has 0 radical (unpaired) electrons. The van der Waals surface area contributed by atoms with Crippen LogP contribution in [0.25, 0.3) is 5.76 Å². The van der Waals surface area contributed by atoms with Gasteiger partial charge in [0.05, 0.1) is 24.8 Å². The number of aliphatic hydroxyl groups excluding tert-OH is 1. The third-order valence-electron chi connectivity index (χ3n) is 7.61. The Labute approximate surface area is 218 Å². The minimum atomic E-state index is -0.632. The lowest BCUT2D eigenvalue weighted by atomic mass is 9.92. The molecule has 0 aliphatic carbocycles. The van der Waals surface area contributed by atoms with Crippen LogP contribution in [0.15, 0.2) is 48.0 Å². The van der Waals surface area contributed by atoms with Gasteiger partial charge in [-0.15, -0.1) is 0 Å². The van der Waals surface area contributed by atoms with E-state index < -0.39 is 17.7 Å². The monoisotopic (exact) mass is 504 g/mol. The van der Waals surface area contributed by atoms with Gasteiger partial charge in [0.1, 0.15) is 17.6 Å². The van der Waals surface area contributed by atoms with Crippen molar-refractivity contribution in [1.82, 2.24) is 9.80 Å². The summed E-state index contributed by atoms with van der Waals surface area (Å²) in [7, 11) is 0. The Kier molecular flexibility index (Phi) is 7.36. The molecular formula is C30H36N2O5. The topological polar surface area (TPSA) is 79.3 Å². The number of morpholine rings is 1. The standard InChI is InChI=1S/C30H36N2O5/c1-19(2)21-5-7-22(8-6-21)27-26(28(33)23-9-10-25-24(18-23)17-20(3)37-25)29(34)30(35)32(27)12-4-11-31-13-15-36-16-14-31/h5-10,18-20,27,33H,4,11-17H2,1-3H3/b28-26+. The van der Waals surface area contributed by atoms with E-state index in [0.29, 0.717) is 18.0 Å². The average molecular weight is 505 g/mol. The van der Waals surface area contributed by atoms with Crippen LogP contribution < -0.4 is 4.74 Å². The number of Topliss-reactive ketones (excluding diaryl/α,β-unsaturated/α-hetero) is 1. The molecule has 2 fully saturated rings. The van der Waals surface area contributed by atoms with Crippen LogP contribution in [0.5, 0.6) is 5.75 Å². The van der Waals surface area contributed by atoms with Gasteiger partial charge in [-0.3, -0.25) is 14.5 Å². The number of fused-ring (bicyclic) bond motifs is 1. The van der Waals surface area contributed by atoms with Crippen LogP contribution in [0.1, 0.15) is 61.4 Å². The van der Waals surface area contributed by atoms with Crippen molar-refractivity contribution in [2.24, 2.45) is 0 Å². The Morgan fingerprint density at radius 3 is 2.49 bits per heavy atom. The molecule has 0 saturated carbocycles. The predicted molar refractivity (Wildman–Crippen MR) is 142 cm³/mol. The maximum absolute atomic E-state index is 13.4. The summed E-state index contributed by atoms with van der Waals surface area (Å²) in [6.45, 7) is 10.7. The van der Waals surface area contributed by atoms with Crippen molar-refractivity contribution in [1.29, 1.82) is 0 Å². The SMILES string of the molecule is CC1Cc2cc(/C(O)=C3\C(=O)C(=O)N(CCCN4CCOCC4)C3c3ccc(C(C)C)cc3)ccc2O1. The van der Waals surface area contributed by atoms with E-state index in [1.807, 2.05) is 43.3 Å². The molecule has 7 heteroatoms. The predicted octanol–water partition coefficient (Wildman–Crippen LogP) is 4.28. The van der Waals surface area contributed by atoms with E-state index in [2.05, 4.69) is 18.7 Å². The highest BCUT2D eigenvalue weighted by Gasteiger charge is 2.46. The number of ether oxygens (including phenoxy) is 2. The number of aliphatic hydroxyl groups is 1. The Bertz CT molecular complexity index is 1200. The molecule has 0 bridgehead atoms. The average Bonchev–Trinajstić information content (AvgIpc) is 3.40. The highest BCUT2D eigenvalue weighted by molar-refractivity contribution is 6.46. The Hall–Kier alpha value is -3.16. The summed E-state index contributed by atoms with van der Waals surface area (Å²) in [4.78, 5) is 30.6. The summed E-state index contributed by atoms with van der Waals surface area (Å²) in [5, 5.41) is 11.4. The number of likely N-dealkylation sites (tertiary alicyclic amines) is 1. The molecule has 2 atom stereocenters. The first-order chi connectivity index (χ1) is 17.8. The fraction of sp³-hybridized carbons (Fsp3) is 0.467. The minimum absolute atomic E-state index is 0.0731. The quantitative estimate of drug-likeness (QED) is 0.345. The van der Waals surface area contributed by atoms with Gasteiger partial charge in [0.15, 0.2) is 0 Å². The summed E-state index contributed by atoms with van der Waals surface area (Å²) >= 11 is 0. The first kappa shape index (κ1) is 25.5. The van der Waals surface area contributed by atoms with Crippen molar-refractivity contribution < 1.29 is 24.2 Å². The zero-order valence-electron chi connectivity index (χ0n) is 21.9. The smallest absolute Gasteiger partial charge is 0.295 e. The van der Waals surface area contributed by atoms with E-state index in [-0.39, 0.29) is 17.4 Å². The summed E-state index contributed by atoms with van der Waals surface area (Å²) in [5.74, 6) is -0.154. The minimum Gasteiger partial charge on any atom is -0.507 e. The lowest BCUT2D eigenvalue weighted by molar-refractivity contribution is -0.140. The third-order valence-corrected chi connectivity index (χ3v) is 7.61. The molecule has 0 aromatic heterocycles. The van der Waals surface area contributed by atoms with E-state index in [0.717, 1.165) is 62.6 Å². The molecule has 3 aliphatic heterocycles. The number of hydrogen-bond donors (Lipinski definition) is 1. The second kappa shape index (κ2) is 10.7. The van der Waals surface area contributed by atoms with Gasteiger partial charge in [0.2, 0.25) is 0 Å². The number of carbonyl (C=O) groups excluding carboxylic acids is 2. The number of amides is 1. The Morgan fingerprint density at radius 2 is 1.78 bits per heavy atom. The molecule has 1 amide bonds. The van der Waals surface area contributed by atoms with Gasteiger partial charge >= 0.3 is 0 Å². The van der Waals surface area contributed by atoms with Crippen LogP contribution in [-0.4, -0.2) is 72.1 Å². The molecule has 2 aromatic carbocycles. The molecule has 196 valence electrons. The Balaban J connectivity index is 1.49. The maximum Gasteiger partial charge on any atom is 0.295 e. The number of nitrogens with zero attached hydrogens (tertiary/aromatic N) is 2. The second-order valence-corrected chi connectivity index (χ2v) is 10.6. The highest BCUT2D eigenvalue weighted by Crippen LogP contribution is 2.41. The number of hydrogen-bond acceptors (Lipinski definition) is 6. The van der Waals surface area contributed by atoms with Crippen LogP contribution in [0, 0.1) is 0 Å². The maximum atomic E-state index is 13.4. The van der Waals surface area contributed by atoms with E-state index >= 15 is 0 Å². The van der Waals surface area contributed by atoms with Crippen LogP contribution in [0.3, 0.4) is 0 Å². The molecular weight excluding hydrogens is 468 g/mol. The molecule has 0 spiro atoms. The van der Waals surface area contributed by atoms with Crippen molar-refractivity contribution in [3.63, 3.8) is 0 Å². The lowest BCUT2D eigenvalue weighted by Gasteiger charge is -2.29. The number of benzene rings is 2. The van der Waals surface area contributed by atoms with Gasteiger partial charge in [-0.1, -0.05) is 38.1 Å². The van der Waals surface area contributed by atoms with Crippen LogP contribution >= 0.6 is 0 Å². The Morgan fingerprint density at radius 1 is 1.05 bits per heavy atom. The van der Waals surface area contributed by atoms with Gasteiger partial charge in [-0.2, -0.15) is 0 Å². The summed E-state index contributed by atoms with van der Waals surface area (Å²) in [5.41, 5.74) is 3.69. The molecule has 2 saturated heterocycles. The zero-order chi connectivity index (χ0) is 26.1. The van der Waals surface area contributed by atoms with Gasteiger partial charge in [0, 0.05) is 38.2 Å². The van der Waals surface area contributed by atoms with E-state index in [4.69, 9.17) is 9.47 Å². The highest BCUT2D eigenvalue weighted by atomic mass is 16.5. The van der Waals surface area contributed by atoms with Crippen LogP contribution in [-0.2, 0) is 20.7 Å². The van der Waals surface area contributed by atoms with Crippen molar-refractivity contribution >= 4 is 17.4 Å². The summed E-state index contributed by atoms with van der Waals surface area (Å²) < 4.78 is 11.2.